The number of ether oxygens (including phenoxy) is 1. The number of hydrogen-bond donors (Lipinski definition) is 3. The van der Waals surface area contributed by atoms with Crippen LogP contribution in [0.2, 0.25) is 0 Å². The van der Waals surface area contributed by atoms with E-state index in [9.17, 15) is 0 Å². The summed E-state index contributed by atoms with van der Waals surface area (Å²) in [7, 11) is 3.41. The molecule has 8 heteroatoms. The molecule has 8 nitrogen and oxygen atoms in total. The van der Waals surface area contributed by atoms with Crippen LogP contribution in [0.4, 0.5) is 0 Å². The standard InChI is InChI=1S/C23H27N7O/c1-24-23(25-13-5-14-30-15-12-17-6-3-4-7-20(17)30)26-16-21-27-22(29-28-21)18-8-10-19(31-2)11-9-18/h3-4,6-12,15H,5,13-14,16H2,1-2H3,(H2,24,25,26)(H,27,28,29). The molecule has 0 spiro atoms. The molecule has 0 saturated carbocycles. The number of guanidine groups is 1. The minimum atomic E-state index is 0.505. The van der Waals surface area contributed by atoms with Crippen LogP contribution in [-0.2, 0) is 13.1 Å². The van der Waals surface area contributed by atoms with E-state index in [2.05, 4.69) is 71.9 Å². The van der Waals surface area contributed by atoms with E-state index in [1.165, 1.54) is 10.9 Å². The molecule has 0 saturated heterocycles. The van der Waals surface area contributed by atoms with Gasteiger partial charge < -0.3 is 19.9 Å². The highest BCUT2D eigenvalue weighted by Gasteiger charge is 2.07. The van der Waals surface area contributed by atoms with Crippen LogP contribution in [0.1, 0.15) is 12.2 Å². The number of aromatic amines is 1. The maximum atomic E-state index is 5.19. The Labute approximate surface area is 181 Å². The predicted molar refractivity (Wildman–Crippen MR) is 123 cm³/mol. The first-order valence-corrected chi connectivity index (χ1v) is 10.3. The van der Waals surface area contributed by atoms with Crippen molar-refractivity contribution in [2.75, 3.05) is 20.7 Å². The van der Waals surface area contributed by atoms with E-state index in [1.807, 2.05) is 24.3 Å². The van der Waals surface area contributed by atoms with Gasteiger partial charge in [-0.2, -0.15) is 5.10 Å². The molecule has 4 aromatic rings. The maximum absolute atomic E-state index is 5.19. The monoisotopic (exact) mass is 417 g/mol. The van der Waals surface area contributed by atoms with Crippen LogP contribution in [0.3, 0.4) is 0 Å². The molecule has 0 aliphatic heterocycles. The molecule has 0 amide bonds. The highest BCUT2D eigenvalue weighted by atomic mass is 16.5. The summed E-state index contributed by atoms with van der Waals surface area (Å²) in [4.78, 5) is 8.83. The summed E-state index contributed by atoms with van der Waals surface area (Å²) in [6, 6.07) is 18.3. The zero-order chi connectivity index (χ0) is 21.5. The molecule has 0 bridgehead atoms. The van der Waals surface area contributed by atoms with Crippen molar-refractivity contribution in [2.24, 2.45) is 4.99 Å². The van der Waals surface area contributed by atoms with E-state index >= 15 is 0 Å². The zero-order valence-electron chi connectivity index (χ0n) is 17.8. The minimum absolute atomic E-state index is 0.505. The number of hydrogen-bond acceptors (Lipinski definition) is 4. The lowest BCUT2D eigenvalue weighted by Crippen LogP contribution is -2.37. The molecule has 3 N–H and O–H groups in total. The fourth-order valence-corrected chi connectivity index (χ4v) is 3.42. The summed E-state index contributed by atoms with van der Waals surface area (Å²) in [6.45, 7) is 2.27. The van der Waals surface area contributed by atoms with Crippen molar-refractivity contribution in [2.45, 2.75) is 19.5 Å². The molecular weight excluding hydrogens is 390 g/mol. The molecule has 2 heterocycles. The Hall–Kier alpha value is -3.81. The van der Waals surface area contributed by atoms with Gasteiger partial charge >= 0.3 is 0 Å². The average molecular weight is 418 g/mol. The summed E-state index contributed by atoms with van der Waals surface area (Å²) < 4.78 is 7.47. The maximum Gasteiger partial charge on any atom is 0.191 e. The van der Waals surface area contributed by atoms with Gasteiger partial charge in [0.2, 0.25) is 0 Å². The molecule has 2 aromatic heterocycles. The summed E-state index contributed by atoms with van der Waals surface area (Å²) in [6.07, 6.45) is 3.13. The lowest BCUT2D eigenvalue weighted by Gasteiger charge is -2.11. The van der Waals surface area contributed by atoms with Crippen LogP contribution < -0.4 is 15.4 Å². The number of nitrogens with zero attached hydrogens (tertiary/aromatic N) is 4. The number of methoxy groups -OCH3 is 1. The smallest absolute Gasteiger partial charge is 0.191 e. The normalized spacial score (nSPS) is 11.6. The Bertz CT molecular complexity index is 1140. The largest absolute Gasteiger partial charge is 0.497 e. The minimum Gasteiger partial charge on any atom is -0.497 e. The quantitative estimate of drug-likeness (QED) is 0.233. The topological polar surface area (TPSA) is 92.2 Å². The predicted octanol–water partition coefficient (Wildman–Crippen LogP) is 3.19. The van der Waals surface area contributed by atoms with Gasteiger partial charge in [0.1, 0.15) is 11.6 Å². The second kappa shape index (κ2) is 9.80. The van der Waals surface area contributed by atoms with Crippen LogP contribution in [-0.4, -0.2) is 46.4 Å². The highest BCUT2D eigenvalue weighted by Crippen LogP contribution is 2.19. The molecule has 4 rings (SSSR count). The van der Waals surface area contributed by atoms with E-state index in [4.69, 9.17) is 4.74 Å². The van der Waals surface area contributed by atoms with Gasteiger partial charge in [0.25, 0.3) is 0 Å². The number of H-pyrrole nitrogens is 1. The number of aliphatic imine (C=N–C) groups is 1. The number of aryl methyl sites for hydroxylation is 1. The first-order chi connectivity index (χ1) is 15.3. The van der Waals surface area contributed by atoms with Crippen molar-refractivity contribution >= 4 is 16.9 Å². The van der Waals surface area contributed by atoms with Crippen molar-refractivity contribution in [3.63, 3.8) is 0 Å². The van der Waals surface area contributed by atoms with Crippen molar-refractivity contribution in [1.29, 1.82) is 0 Å². The third-order valence-electron chi connectivity index (χ3n) is 5.08. The molecule has 0 fully saturated rings. The van der Waals surface area contributed by atoms with Crippen LogP contribution >= 0.6 is 0 Å². The molecule has 0 unspecified atom stereocenters. The van der Waals surface area contributed by atoms with Gasteiger partial charge in [0.15, 0.2) is 11.8 Å². The summed E-state index contributed by atoms with van der Waals surface area (Å²) >= 11 is 0. The second-order valence-electron chi connectivity index (χ2n) is 7.11. The molecule has 0 radical (unpaired) electrons. The van der Waals surface area contributed by atoms with Crippen LogP contribution in [0.5, 0.6) is 5.75 Å². The molecule has 31 heavy (non-hydrogen) atoms. The van der Waals surface area contributed by atoms with Gasteiger partial charge in [0, 0.05) is 37.4 Å². The molecule has 0 aliphatic rings. The highest BCUT2D eigenvalue weighted by molar-refractivity contribution is 5.80. The Morgan fingerprint density at radius 1 is 1.10 bits per heavy atom. The molecule has 2 aromatic carbocycles. The van der Waals surface area contributed by atoms with Gasteiger partial charge in [-0.15, -0.1) is 0 Å². The molecule has 160 valence electrons. The Morgan fingerprint density at radius 3 is 2.74 bits per heavy atom. The van der Waals surface area contributed by atoms with Crippen molar-refractivity contribution in [3.8, 4) is 17.1 Å². The zero-order valence-corrected chi connectivity index (χ0v) is 17.8. The SMILES string of the molecule is CN=C(NCCCn1ccc2ccccc21)NCc1nc(-c2ccc(OC)cc2)n[nH]1. The van der Waals surface area contributed by atoms with Gasteiger partial charge in [-0.1, -0.05) is 18.2 Å². The third-order valence-corrected chi connectivity index (χ3v) is 5.08. The Morgan fingerprint density at radius 2 is 1.94 bits per heavy atom. The third kappa shape index (κ3) is 5.03. The number of rotatable bonds is 8. The average Bonchev–Trinajstić information content (AvgIpc) is 3.46. The van der Waals surface area contributed by atoms with E-state index in [1.54, 1.807) is 14.2 Å². The lowest BCUT2D eigenvalue weighted by atomic mass is 10.2. The van der Waals surface area contributed by atoms with Crippen LogP contribution in [0, 0.1) is 0 Å². The number of benzene rings is 2. The lowest BCUT2D eigenvalue weighted by molar-refractivity contribution is 0.415. The van der Waals surface area contributed by atoms with Crippen LogP contribution in [0.25, 0.3) is 22.3 Å². The molecule has 0 atom stereocenters. The van der Waals surface area contributed by atoms with E-state index in [0.29, 0.717) is 12.4 Å². The van der Waals surface area contributed by atoms with Gasteiger partial charge in [-0.05, 0) is 48.2 Å². The first kappa shape index (κ1) is 20.5. The summed E-state index contributed by atoms with van der Waals surface area (Å²) in [5, 5.41) is 15.2. The molecular formula is C23H27N7O. The second-order valence-corrected chi connectivity index (χ2v) is 7.11. The first-order valence-electron chi connectivity index (χ1n) is 10.3. The van der Waals surface area contributed by atoms with E-state index < -0.39 is 0 Å². The van der Waals surface area contributed by atoms with Gasteiger partial charge in [-0.25, -0.2) is 4.98 Å². The fraction of sp³-hybridized carbons (Fsp3) is 0.261. The van der Waals surface area contributed by atoms with Crippen molar-refractivity contribution in [1.82, 2.24) is 30.4 Å². The summed E-state index contributed by atoms with van der Waals surface area (Å²) in [5.74, 6) is 2.94. The fourth-order valence-electron chi connectivity index (χ4n) is 3.42. The van der Waals surface area contributed by atoms with Gasteiger partial charge in [0.05, 0.1) is 13.7 Å². The van der Waals surface area contributed by atoms with Crippen molar-refractivity contribution in [3.05, 3.63) is 66.6 Å². The van der Waals surface area contributed by atoms with Crippen LogP contribution in [0.15, 0.2) is 65.8 Å². The Kier molecular flexibility index (Phi) is 6.47. The van der Waals surface area contributed by atoms with Crippen molar-refractivity contribution < 1.29 is 4.74 Å². The van der Waals surface area contributed by atoms with E-state index in [0.717, 1.165) is 42.6 Å². The summed E-state index contributed by atoms with van der Waals surface area (Å²) in [5.41, 5.74) is 2.20. The number of fused-ring (bicyclic) bond motifs is 1. The Balaban J connectivity index is 1.24. The van der Waals surface area contributed by atoms with Gasteiger partial charge in [-0.3, -0.25) is 10.1 Å². The number of aromatic nitrogens is 4. The number of para-hydroxylation sites is 1. The molecule has 0 aliphatic carbocycles. The number of nitrogens with one attached hydrogen (secondary N) is 3. The van der Waals surface area contributed by atoms with E-state index in [-0.39, 0.29) is 0 Å².